The van der Waals surface area contributed by atoms with Crippen molar-refractivity contribution in [3.8, 4) is 11.5 Å². The number of carbonyl (C=O) groups is 2. The number of aromatic nitrogens is 1. The summed E-state index contributed by atoms with van der Waals surface area (Å²) >= 11 is 1.41. The first-order valence-corrected chi connectivity index (χ1v) is 12.2. The molecule has 33 heavy (non-hydrogen) atoms. The molecule has 0 aliphatic carbocycles. The van der Waals surface area contributed by atoms with E-state index in [-0.39, 0.29) is 30.4 Å². The molecule has 9 nitrogen and oxygen atoms in total. The lowest BCUT2D eigenvalue weighted by molar-refractivity contribution is -0.122. The van der Waals surface area contributed by atoms with E-state index < -0.39 is 5.92 Å². The van der Waals surface area contributed by atoms with Crippen molar-refractivity contribution < 1.29 is 23.8 Å². The van der Waals surface area contributed by atoms with Gasteiger partial charge in [-0.05, 0) is 26.0 Å². The predicted octanol–water partition coefficient (Wildman–Crippen LogP) is 2.52. The van der Waals surface area contributed by atoms with Crippen LogP contribution in [0.1, 0.15) is 26.0 Å². The van der Waals surface area contributed by atoms with Gasteiger partial charge in [-0.15, -0.1) is 11.3 Å². The average Bonchev–Trinajstić information content (AvgIpc) is 3.39. The second kappa shape index (κ2) is 9.28. The molecule has 10 heteroatoms. The molecule has 2 fully saturated rings. The molecule has 5 rings (SSSR count). The van der Waals surface area contributed by atoms with Crippen LogP contribution in [0, 0.1) is 5.92 Å². The van der Waals surface area contributed by atoms with Gasteiger partial charge in [-0.1, -0.05) is 0 Å². The van der Waals surface area contributed by atoms with E-state index in [0.29, 0.717) is 42.1 Å². The van der Waals surface area contributed by atoms with Gasteiger partial charge in [0.15, 0.2) is 16.6 Å². The maximum Gasteiger partial charge on any atom is 0.231 e. The zero-order valence-electron chi connectivity index (χ0n) is 18.8. The van der Waals surface area contributed by atoms with E-state index in [0.717, 1.165) is 25.3 Å². The first-order chi connectivity index (χ1) is 15.9. The smallest absolute Gasteiger partial charge is 0.231 e. The van der Waals surface area contributed by atoms with Crippen LogP contribution in [0.25, 0.3) is 0 Å². The number of hydrogen-bond acceptors (Lipinski definition) is 8. The highest BCUT2D eigenvalue weighted by Crippen LogP contribution is 2.36. The summed E-state index contributed by atoms with van der Waals surface area (Å²) in [6.07, 6.45) is 0.564. The third kappa shape index (κ3) is 4.97. The summed E-state index contributed by atoms with van der Waals surface area (Å²) in [6.45, 7) is 7.93. The van der Waals surface area contributed by atoms with Gasteiger partial charge in [0.25, 0.3) is 0 Å². The molecule has 1 aromatic heterocycles. The summed E-state index contributed by atoms with van der Waals surface area (Å²) in [5, 5.41) is 5.44. The van der Waals surface area contributed by atoms with Gasteiger partial charge in [0.05, 0.1) is 23.8 Å². The SMILES string of the molecule is C[C@@H]1CN(Cc2csc(NC(=O)[C@H]3CC(=O)N(c4ccc5c(c4)OCCO5)C3)n2)C[C@H](C)O1. The van der Waals surface area contributed by atoms with Crippen molar-refractivity contribution in [3.05, 3.63) is 29.3 Å². The maximum absolute atomic E-state index is 12.9. The van der Waals surface area contributed by atoms with Crippen LogP contribution in [0.3, 0.4) is 0 Å². The monoisotopic (exact) mass is 472 g/mol. The number of nitrogens with zero attached hydrogens (tertiary/aromatic N) is 3. The van der Waals surface area contributed by atoms with Gasteiger partial charge in [-0.3, -0.25) is 14.5 Å². The molecule has 0 bridgehead atoms. The quantitative estimate of drug-likeness (QED) is 0.715. The lowest BCUT2D eigenvalue weighted by atomic mass is 10.1. The molecule has 3 aliphatic rings. The Balaban J connectivity index is 1.18. The van der Waals surface area contributed by atoms with Gasteiger partial charge in [0.1, 0.15) is 13.2 Å². The Labute approximate surface area is 196 Å². The minimum Gasteiger partial charge on any atom is -0.486 e. The van der Waals surface area contributed by atoms with Crippen LogP contribution in [0.15, 0.2) is 23.6 Å². The number of rotatable bonds is 5. The molecule has 0 spiro atoms. The van der Waals surface area contributed by atoms with Crippen LogP contribution in [-0.2, 0) is 20.9 Å². The predicted molar refractivity (Wildman–Crippen MR) is 124 cm³/mol. The average molecular weight is 473 g/mol. The molecule has 3 aliphatic heterocycles. The molecule has 0 radical (unpaired) electrons. The summed E-state index contributed by atoms with van der Waals surface area (Å²) in [6, 6.07) is 5.43. The van der Waals surface area contributed by atoms with Crippen molar-refractivity contribution in [2.24, 2.45) is 5.92 Å². The standard InChI is InChI=1S/C23H28N4O5S/c1-14-9-26(10-15(2)32-14)12-17-13-33-23(24-17)25-22(29)16-7-21(28)27(11-16)18-3-4-19-20(8-18)31-6-5-30-19/h3-4,8,13-16H,5-7,9-12H2,1-2H3,(H,24,25,29)/t14-,15+,16-/m0/s1. The zero-order chi connectivity index (χ0) is 22.9. The Morgan fingerprint density at radius 2 is 1.91 bits per heavy atom. The van der Waals surface area contributed by atoms with E-state index in [9.17, 15) is 9.59 Å². The van der Waals surface area contributed by atoms with Crippen LogP contribution >= 0.6 is 11.3 Å². The highest BCUT2D eigenvalue weighted by Gasteiger charge is 2.36. The Kier molecular flexibility index (Phi) is 6.22. The zero-order valence-corrected chi connectivity index (χ0v) is 19.6. The number of morpholine rings is 1. The molecule has 3 atom stereocenters. The van der Waals surface area contributed by atoms with E-state index >= 15 is 0 Å². The van der Waals surface area contributed by atoms with Gasteiger partial charge < -0.3 is 24.4 Å². The van der Waals surface area contributed by atoms with Crippen molar-refractivity contribution in [1.82, 2.24) is 9.88 Å². The second-order valence-electron chi connectivity index (χ2n) is 8.82. The summed E-state index contributed by atoms with van der Waals surface area (Å²) in [5.41, 5.74) is 1.64. The number of carbonyl (C=O) groups excluding carboxylic acids is 2. The maximum atomic E-state index is 12.9. The summed E-state index contributed by atoms with van der Waals surface area (Å²) in [5.74, 6) is 0.601. The van der Waals surface area contributed by atoms with Crippen LogP contribution in [-0.4, -0.2) is 66.8 Å². The fraction of sp³-hybridized carbons (Fsp3) is 0.522. The normalized spacial score (nSPS) is 25.3. The number of anilines is 2. The van der Waals surface area contributed by atoms with E-state index in [1.54, 1.807) is 17.0 Å². The number of fused-ring (bicyclic) bond motifs is 1. The lowest BCUT2D eigenvalue weighted by Gasteiger charge is -2.34. The van der Waals surface area contributed by atoms with Crippen LogP contribution in [0.2, 0.25) is 0 Å². The van der Waals surface area contributed by atoms with Gasteiger partial charge in [0, 0.05) is 49.7 Å². The number of thiazole rings is 1. The number of amides is 2. The summed E-state index contributed by atoms with van der Waals surface area (Å²) < 4.78 is 17.0. The van der Waals surface area contributed by atoms with E-state index in [4.69, 9.17) is 14.2 Å². The Morgan fingerprint density at radius 1 is 1.15 bits per heavy atom. The van der Waals surface area contributed by atoms with Gasteiger partial charge in [0.2, 0.25) is 11.8 Å². The molecule has 4 heterocycles. The van der Waals surface area contributed by atoms with Crippen LogP contribution in [0.4, 0.5) is 10.8 Å². The topological polar surface area (TPSA) is 93.2 Å². The number of hydrogen-bond donors (Lipinski definition) is 1. The highest BCUT2D eigenvalue weighted by molar-refractivity contribution is 7.13. The number of benzene rings is 1. The fourth-order valence-corrected chi connectivity index (χ4v) is 5.32. The van der Waals surface area contributed by atoms with Crippen LogP contribution < -0.4 is 19.7 Å². The van der Waals surface area contributed by atoms with E-state index in [1.165, 1.54) is 11.3 Å². The summed E-state index contributed by atoms with van der Waals surface area (Å²) in [4.78, 5) is 34.0. The highest BCUT2D eigenvalue weighted by atomic mass is 32.1. The van der Waals surface area contributed by atoms with Gasteiger partial charge >= 0.3 is 0 Å². The molecule has 2 saturated heterocycles. The Bertz CT molecular complexity index is 1030. The van der Waals surface area contributed by atoms with Crippen LogP contribution in [0.5, 0.6) is 11.5 Å². The van der Waals surface area contributed by atoms with Gasteiger partial charge in [-0.25, -0.2) is 4.98 Å². The third-order valence-electron chi connectivity index (χ3n) is 6.00. The third-order valence-corrected chi connectivity index (χ3v) is 6.80. The fourth-order valence-electron chi connectivity index (χ4n) is 4.62. The molecule has 1 aromatic carbocycles. The number of ether oxygens (including phenoxy) is 3. The molecule has 0 saturated carbocycles. The van der Waals surface area contributed by atoms with E-state index in [1.807, 2.05) is 11.4 Å². The molecule has 176 valence electrons. The molecule has 0 unspecified atom stereocenters. The van der Waals surface area contributed by atoms with Crippen molar-refractivity contribution >= 4 is 34.0 Å². The second-order valence-corrected chi connectivity index (χ2v) is 9.68. The minimum absolute atomic E-state index is 0.0813. The first-order valence-electron chi connectivity index (χ1n) is 11.3. The van der Waals surface area contributed by atoms with Crippen molar-refractivity contribution in [1.29, 1.82) is 0 Å². The van der Waals surface area contributed by atoms with E-state index in [2.05, 4.69) is 29.0 Å². The minimum atomic E-state index is -0.431. The van der Waals surface area contributed by atoms with Gasteiger partial charge in [-0.2, -0.15) is 0 Å². The molecule has 1 N–H and O–H groups in total. The largest absolute Gasteiger partial charge is 0.486 e. The molecule has 2 aromatic rings. The first kappa shape index (κ1) is 22.1. The van der Waals surface area contributed by atoms with Crippen molar-refractivity contribution in [3.63, 3.8) is 0 Å². The Morgan fingerprint density at radius 3 is 2.70 bits per heavy atom. The summed E-state index contributed by atoms with van der Waals surface area (Å²) in [7, 11) is 0. The Hall–Kier alpha value is -2.69. The van der Waals surface area contributed by atoms with Crippen molar-refractivity contribution in [2.45, 2.75) is 39.0 Å². The lowest BCUT2D eigenvalue weighted by Crippen LogP contribution is -2.44. The number of nitrogens with one attached hydrogen (secondary N) is 1. The molecule has 2 amide bonds. The van der Waals surface area contributed by atoms with Crippen molar-refractivity contribution in [2.75, 3.05) is 43.1 Å². The molecular weight excluding hydrogens is 444 g/mol. The molecular formula is C23H28N4O5S.